The van der Waals surface area contributed by atoms with Crippen LogP contribution in [0.2, 0.25) is 5.02 Å². The Balaban J connectivity index is 1.83. The molecule has 0 unspecified atom stereocenters. The maximum atomic E-state index is 5.95. The summed E-state index contributed by atoms with van der Waals surface area (Å²) >= 11 is 9.15. The largest absolute Gasteiger partial charge is 0.383 e. The second-order valence-corrected chi connectivity index (χ2v) is 6.35. The molecule has 0 saturated heterocycles. The van der Waals surface area contributed by atoms with E-state index in [2.05, 4.69) is 21.6 Å². The Bertz CT molecular complexity index is 521. The first-order chi connectivity index (χ1) is 9.28. The van der Waals surface area contributed by atoms with Crippen LogP contribution in [0.3, 0.4) is 0 Å². The summed E-state index contributed by atoms with van der Waals surface area (Å²) in [4.78, 5) is 0. The van der Waals surface area contributed by atoms with E-state index in [1.165, 1.54) is 5.56 Å². The zero-order valence-electron chi connectivity index (χ0n) is 10.4. The number of nitrogens with one attached hydrogen (secondary N) is 1. The summed E-state index contributed by atoms with van der Waals surface area (Å²) in [5.41, 5.74) is 1.18. The Hall–Kier alpha value is -0.820. The summed E-state index contributed by atoms with van der Waals surface area (Å²) in [6, 6.07) is 7.85. The van der Waals surface area contributed by atoms with Crippen LogP contribution in [0.5, 0.6) is 0 Å². The fourth-order valence-electron chi connectivity index (χ4n) is 1.37. The molecule has 4 nitrogen and oxygen atoms in total. The quantitative estimate of drug-likeness (QED) is 0.625. The van der Waals surface area contributed by atoms with Crippen molar-refractivity contribution in [2.24, 2.45) is 0 Å². The van der Waals surface area contributed by atoms with Gasteiger partial charge in [-0.1, -0.05) is 46.8 Å². The standard InChI is InChI=1S/C12H14ClN3OS2/c1-17-6-5-14-11-15-16-12(19-11)18-8-9-3-2-4-10(13)7-9/h2-4,7H,5-6,8H2,1H3,(H,14,15). The van der Waals surface area contributed by atoms with Crippen LogP contribution < -0.4 is 5.32 Å². The van der Waals surface area contributed by atoms with Crippen LogP contribution in [0, 0.1) is 0 Å². The van der Waals surface area contributed by atoms with Gasteiger partial charge in [0.2, 0.25) is 5.13 Å². The number of rotatable bonds is 7. The molecule has 19 heavy (non-hydrogen) atoms. The predicted octanol–water partition coefficient (Wildman–Crippen LogP) is 3.54. The molecule has 0 fully saturated rings. The third kappa shape index (κ3) is 4.99. The van der Waals surface area contributed by atoms with Crippen LogP contribution in [-0.2, 0) is 10.5 Å². The fraction of sp³-hybridized carbons (Fsp3) is 0.333. The normalized spacial score (nSPS) is 10.6. The smallest absolute Gasteiger partial charge is 0.206 e. The summed E-state index contributed by atoms with van der Waals surface area (Å²) < 4.78 is 5.91. The van der Waals surface area contributed by atoms with Gasteiger partial charge in [-0.05, 0) is 17.7 Å². The predicted molar refractivity (Wildman–Crippen MR) is 81.3 cm³/mol. The van der Waals surface area contributed by atoms with Crippen LogP contribution >= 0.6 is 34.7 Å². The van der Waals surface area contributed by atoms with Crippen molar-refractivity contribution in [3.63, 3.8) is 0 Å². The highest BCUT2D eigenvalue weighted by atomic mass is 35.5. The summed E-state index contributed by atoms with van der Waals surface area (Å²) in [6.45, 7) is 1.40. The lowest BCUT2D eigenvalue weighted by atomic mass is 10.2. The molecule has 102 valence electrons. The highest BCUT2D eigenvalue weighted by Crippen LogP contribution is 2.28. The molecule has 7 heteroatoms. The minimum atomic E-state index is 0.657. The van der Waals surface area contributed by atoms with Crippen molar-refractivity contribution < 1.29 is 4.74 Å². The fourth-order valence-corrected chi connectivity index (χ4v) is 3.30. The number of anilines is 1. The van der Waals surface area contributed by atoms with Gasteiger partial charge >= 0.3 is 0 Å². The zero-order chi connectivity index (χ0) is 13.5. The molecule has 0 aliphatic carbocycles. The second-order valence-electron chi connectivity index (χ2n) is 3.71. The van der Waals surface area contributed by atoms with Crippen LogP contribution in [0.15, 0.2) is 28.6 Å². The van der Waals surface area contributed by atoms with Crippen molar-refractivity contribution in [3.8, 4) is 0 Å². The summed E-state index contributed by atoms with van der Waals surface area (Å²) in [5, 5.41) is 12.9. The highest BCUT2D eigenvalue weighted by Gasteiger charge is 2.05. The molecule has 0 amide bonds. The molecule has 0 aliphatic heterocycles. The van der Waals surface area contributed by atoms with E-state index in [4.69, 9.17) is 16.3 Å². The van der Waals surface area contributed by atoms with E-state index in [9.17, 15) is 0 Å². The van der Waals surface area contributed by atoms with Crippen molar-refractivity contribution in [1.82, 2.24) is 10.2 Å². The number of methoxy groups -OCH3 is 1. The first kappa shape index (κ1) is 14.6. The van der Waals surface area contributed by atoms with Crippen molar-refractivity contribution in [2.45, 2.75) is 10.1 Å². The molecule has 1 aromatic carbocycles. The zero-order valence-corrected chi connectivity index (χ0v) is 12.8. The molecule has 1 aromatic heterocycles. The molecule has 2 rings (SSSR count). The molecule has 0 spiro atoms. The monoisotopic (exact) mass is 315 g/mol. The molecular weight excluding hydrogens is 302 g/mol. The first-order valence-corrected chi connectivity index (χ1v) is 7.89. The number of halogens is 1. The molecule has 0 radical (unpaired) electrons. The Labute approximate surface area is 125 Å². The van der Waals surface area contributed by atoms with E-state index in [1.54, 1.807) is 30.2 Å². The van der Waals surface area contributed by atoms with Gasteiger partial charge in [0.1, 0.15) is 0 Å². The lowest BCUT2D eigenvalue weighted by Crippen LogP contribution is -2.06. The number of thioether (sulfide) groups is 1. The van der Waals surface area contributed by atoms with Crippen LogP contribution in [-0.4, -0.2) is 30.5 Å². The van der Waals surface area contributed by atoms with E-state index < -0.39 is 0 Å². The average molecular weight is 316 g/mol. The molecule has 2 aromatic rings. The van der Waals surface area contributed by atoms with Gasteiger partial charge < -0.3 is 10.1 Å². The van der Waals surface area contributed by atoms with Gasteiger partial charge in [-0.15, -0.1) is 10.2 Å². The molecule has 0 saturated carbocycles. The highest BCUT2D eigenvalue weighted by molar-refractivity contribution is 8.00. The summed E-state index contributed by atoms with van der Waals surface area (Å²) in [5.74, 6) is 0.841. The average Bonchev–Trinajstić information content (AvgIpc) is 2.85. The van der Waals surface area contributed by atoms with Crippen molar-refractivity contribution in [2.75, 3.05) is 25.6 Å². The molecule has 1 heterocycles. The Morgan fingerprint density at radius 3 is 3.11 bits per heavy atom. The Kier molecular flexibility index (Phi) is 5.91. The van der Waals surface area contributed by atoms with Gasteiger partial charge in [-0.2, -0.15) is 0 Å². The molecular formula is C12H14ClN3OS2. The van der Waals surface area contributed by atoms with Gasteiger partial charge in [0.15, 0.2) is 4.34 Å². The van der Waals surface area contributed by atoms with Gasteiger partial charge in [-0.25, -0.2) is 0 Å². The van der Waals surface area contributed by atoms with E-state index in [1.807, 2.05) is 18.2 Å². The lowest BCUT2D eigenvalue weighted by molar-refractivity contribution is 0.211. The van der Waals surface area contributed by atoms with Gasteiger partial charge in [0.05, 0.1) is 6.61 Å². The first-order valence-electron chi connectivity index (χ1n) is 5.71. The van der Waals surface area contributed by atoms with Gasteiger partial charge in [-0.3, -0.25) is 0 Å². The van der Waals surface area contributed by atoms with Gasteiger partial charge in [0.25, 0.3) is 0 Å². The van der Waals surface area contributed by atoms with Crippen LogP contribution in [0.1, 0.15) is 5.56 Å². The van der Waals surface area contributed by atoms with Gasteiger partial charge in [0, 0.05) is 24.4 Å². The van der Waals surface area contributed by atoms with Crippen LogP contribution in [0.25, 0.3) is 0 Å². The number of benzene rings is 1. The molecule has 0 bridgehead atoms. The molecule has 0 atom stereocenters. The van der Waals surface area contributed by atoms with Crippen molar-refractivity contribution >= 4 is 39.8 Å². The van der Waals surface area contributed by atoms with E-state index in [0.717, 1.165) is 26.8 Å². The summed E-state index contributed by atoms with van der Waals surface area (Å²) in [7, 11) is 1.67. The van der Waals surface area contributed by atoms with Crippen LogP contribution in [0.4, 0.5) is 5.13 Å². The number of aromatic nitrogens is 2. The van der Waals surface area contributed by atoms with Crippen molar-refractivity contribution in [3.05, 3.63) is 34.9 Å². The third-order valence-corrected chi connectivity index (χ3v) is 4.56. The topological polar surface area (TPSA) is 47.0 Å². The molecule has 1 N–H and O–H groups in total. The maximum absolute atomic E-state index is 5.95. The Morgan fingerprint density at radius 1 is 1.42 bits per heavy atom. The number of hydrogen-bond acceptors (Lipinski definition) is 6. The SMILES string of the molecule is COCCNc1nnc(SCc2cccc(Cl)c2)s1. The maximum Gasteiger partial charge on any atom is 0.206 e. The summed E-state index contributed by atoms with van der Waals surface area (Å²) in [6.07, 6.45) is 0. The second kappa shape index (κ2) is 7.69. The lowest BCUT2D eigenvalue weighted by Gasteiger charge is -1.99. The van der Waals surface area contributed by atoms with E-state index in [-0.39, 0.29) is 0 Å². The Morgan fingerprint density at radius 2 is 2.32 bits per heavy atom. The minimum absolute atomic E-state index is 0.657. The number of nitrogens with zero attached hydrogens (tertiary/aromatic N) is 2. The minimum Gasteiger partial charge on any atom is -0.383 e. The van der Waals surface area contributed by atoms with E-state index >= 15 is 0 Å². The van der Waals surface area contributed by atoms with Crippen molar-refractivity contribution in [1.29, 1.82) is 0 Å². The number of hydrogen-bond donors (Lipinski definition) is 1. The number of ether oxygens (including phenoxy) is 1. The third-order valence-electron chi connectivity index (χ3n) is 2.24. The molecule has 0 aliphatic rings. The van der Waals surface area contributed by atoms with E-state index in [0.29, 0.717) is 6.61 Å².